The smallest absolute Gasteiger partial charge is 0.293 e. The van der Waals surface area contributed by atoms with Gasteiger partial charge in [0.25, 0.3) is 5.91 Å². The molecule has 1 aromatic heterocycles. The Kier molecular flexibility index (Phi) is 3.62. The number of amides is 1. The van der Waals surface area contributed by atoms with Crippen LogP contribution in [-0.4, -0.2) is 17.5 Å². The van der Waals surface area contributed by atoms with Crippen molar-refractivity contribution in [2.45, 2.75) is 13.8 Å². The second-order valence-corrected chi connectivity index (χ2v) is 3.66. The molecule has 5 heteroatoms. The van der Waals surface area contributed by atoms with Gasteiger partial charge >= 0.3 is 0 Å². The summed E-state index contributed by atoms with van der Waals surface area (Å²) in [5.41, 5.74) is 0.678. The first-order chi connectivity index (χ1) is 8.69. The van der Waals surface area contributed by atoms with Crippen LogP contribution in [0.4, 0.5) is 5.69 Å². The maximum atomic E-state index is 11.8. The molecule has 0 atom stereocenters. The molecular formula is C13H14N2O3. The number of carbonyl (C=O) groups is 1. The summed E-state index contributed by atoms with van der Waals surface area (Å²) in [4.78, 5) is 15.6. The molecule has 0 saturated carbocycles. The van der Waals surface area contributed by atoms with Gasteiger partial charge in [0.05, 0.1) is 12.8 Å². The molecule has 5 nitrogen and oxygen atoms in total. The van der Waals surface area contributed by atoms with E-state index in [2.05, 4.69) is 10.3 Å². The monoisotopic (exact) mass is 246 g/mol. The van der Waals surface area contributed by atoms with Gasteiger partial charge in [-0.25, -0.2) is 4.98 Å². The molecule has 18 heavy (non-hydrogen) atoms. The minimum Gasteiger partial charge on any atom is -0.494 e. The molecule has 0 unspecified atom stereocenters. The summed E-state index contributed by atoms with van der Waals surface area (Å²) < 4.78 is 10.4. The third-order valence-corrected chi connectivity index (χ3v) is 2.27. The van der Waals surface area contributed by atoms with Gasteiger partial charge in [-0.2, -0.15) is 0 Å². The summed E-state index contributed by atoms with van der Waals surface area (Å²) in [6, 6.07) is 7.13. The molecule has 0 spiro atoms. The fraction of sp³-hybridized carbons (Fsp3) is 0.231. The third kappa shape index (κ3) is 2.88. The number of hydrogen-bond acceptors (Lipinski definition) is 4. The lowest BCUT2D eigenvalue weighted by Crippen LogP contribution is -2.10. The van der Waals surface area contributed by atoms with Gasteiger partial charge in [-0.15, -0.1) is 0 Å². The van der Waals surface area contributed by atoms with Gasteiger partial charge in [-0.05, 0) is 31.2 Å². The van der Waals surface area contributed by atoms with Crippen molar-refractivity contribution in [1.29, 1.82) is 0 Å². The number of hydrogen-bond donors (Lipinski definition) is 1. The zero-order valence-corrected chi connectivity index (χ0v) is 10.3. The Morgan fingerprint density at radius 2 is 2.11 bits per heavy atom. The number of benzene rings is 1. The molecule has 1 N–H and O–H groups in total. The molecule has 0 aliphatic rings. The Balaban J connectivity index is 2.03. The molecule has 0 saturated heterocycles. The third-order valence-electron chi connectivity index (χ3n) is 2.27. The zero-order chi connectivity index (χ0) is 13.0. The number of anilines is 1. The zero-order valence-electron chi connectivity index (χ0n) is 10.3. The fourth-order valence-electron chi connectivity index (χ4n) is 1.46. The number of aromatic nitrogens is 1. The fourth-order valence-corrected chi connectivity index (χ4v) is 1.46. The molecule has 0 bridgehead atoms. The van der Waals surface area contributed by atoms with Crippen molar-refractivity contribution in [3.63, 3.8) is 0 Å². The van der Waals surface area contributed by atoms with Gasteiger partial charge in [0, 0.05) is 12.6 Å². The summed E-state index contributed by atoms with van der Waals surface area (Å²) >= 11 is 0. The molecule has 2 rings (SSSR count). The van der Waals surface area contributed by atoms with Gasteiger partial charge < -0.3 is 14.5 Å². The van der Waals surface area contributed by atoms with Gasteiger partial charge in [-0.1, -0.05) is 0 Å². The van der Waals surface area contributed by atoms with Crippen LogP contribution in [0.25, 0.3) is 0 Å². The quantitative estimate of drug-likeness (QED) is 0.900. The SMILES string of the molecule is CCOc1ccc(NC(=O)c2cnc(C)o2)cc1. The lowest BCUT2D eigenvalue weighted by molar-refractivity contribution is 0.0995. The lowest BCUT2D eigenvalue weighted by atomic mass is 10.3. The number of nitrogens with zero attached hydrogens (tertiary/aromatic N) is 1. The van der Waals surface area contributed by atoms with E-state index in [1.54, 1.807) is 31.2 Å². The summed E-state index contributed by atoms with van der Waals surface area (Å²) in [5.74, 6) is 1.11. The summed E-state index contributed by atoms with van der Waals surface area (Å²) in [5, 5.41) is 2.71. The molecule has 0 aliphatic heterocycles. The van der Waals surface area contributed by atoms with Crippen LogP contribution >= 0.6 is 0 Å². The number of nitrogens with one attached hydrogen (secondary N) is 1. The standard InChI is InChI=1S/C13H14N2O3/c1-3-17-11-6-4-10(5-7-11)15-13(16)12-8-14-9(2)18-12/h4-8H,3H2,1-2H3,(H,15,16). The molecule has 1 amide bonds. The van der Waals surface area contributed by atoms with Crippen LogP contribution in [0.1, 0.15) is 23.4 Å². The van der Waals surface area contributed by atoms with E-state index >= 15 is 0 Å². The summed E-state index contributed by atoms with van der Waals surface area (Å²) in [6.07, 6.45) is 1.40. The molecule has 1 heterocycles. The highest BCUT2D eigenvalue weighted by Gasteiger charge is 2.10. The second kappa shape index (κ2) is 5.35. The average Bonchev–Trinajstić information content (AvgIpc) is 2.79. The first-order valence-electron chi connectivity index (χ1n) is 5.65. The van der Waals surface area contributed by atoms with Crippen molar-refractivity contribution in [2.75, 3.05) is 11.9 Å². The first-order valence-corrected chi connectivity index (χ1v) is 5.65. The number of aryl methyl sites for hydroxylation is 1. The van der Waals surface area contributed by atoms with E-state index in [-0.39, 0.29) is 11.7 Å². The van der Waals surface area contributed by atoms with Crippen LogP contribution in [0.2, 0.25) is 0 Å². The summed E-state index contributed by atoms with van der Waals surface area (Å²) in [6.45, 7) is 4.22. The minimum atomic E-state index is -0.320. The number of rotatable bonds is 4. The molecule has 0 fully saturated rings. The van der Waals surface area contributed by atoms with Gasteiger partial charge in [0.2, 0.25) is 5.76 Å². The van der Waals surface area contributed by atoms with E-state index in [0.29, 0.717) is 18.2 Å². The van der Waals surface area contributed by atoms with E-state index in [4.69, 9.17) is 9.15 Å². The highest BCUT2D eigenvalue weighted by molar-refractivity contribution is 6.02. The number of ether oxygens (including phenoxy) is 1. The number of oxazole rings is 1. The molecule has 0 aliphatic carbocycles. The van der Waals surface area contributed by atoms with Crippen LogP contribution in [-0.2, 0) is 0 Å². The first kappa shape index (κ1) is 12.2. The average molecular weight is 246 g/mol. The Hall–Kier alpha value is -2.30. The lowest BCUT2D eigenvalue weighted by Gasteiger charge is -2.05. The van der Waals surface area contributed by atoms with Gasteiger partial charge in [-0.3, -0.25) is 4.79 Å². The predicted octanol–water partition coefficient (Wildman–Crippen LogP) is 2.63. The highest BCUT2D eigenvalue weighted by Crippen LogP contribution is 2.16. The number of carbonyl (C=O) groups excluding carboxylic acids is 1. The van der Waals surface area contributed by atoms with Crippen LogP contribution in [0.15, 0.2) is 34.9 Å². The van der Waals surface area contributed by atoms with Gasteiger partial charge in [0.15, 0.2) is 5.89 Å². The molecule has 2 aromatic rings. The molecular weight excluding hydrogens is 232 g/mol. The Bertz CT molecular complexity index is 531. The van der Waals surface area contributed by atoms with Crippen molar-refractivity contribution in [2.24, 2.45) is 0 Å². The van der Waals surface area contributed by atoms with E-state index in [1.165, 1.54) is 6.20 Å². The molecule has 94 valence electrons. The summed E-state index contributed by atoms with van der Waals surface area (Å²) in [7, 11) is 0. The second-order valence-electron chi connectivity index (χ2n) is 3.66. The normalized spacial score (nSPS) is 10.1. The maximum Gasteiger partial charge on any atom is 0.293 e. The van der Waals surface area contributed by atoms with Crippen molar-refractivity contribution >= 4 is 11.6 Å². The van der Waals surface area contributed by atoms with E-state index in [1.807, 2.05) is 6.92 Å². The van der Waals surface area contributed by atoms with Gasteiger partial charge in [0.1, 0.15) is 5.75 Å². The van der Waals surface area contributed by atoms with Crippen LogP contribution < -0.4 is 10.1 Å². The Morgan fingerprint density at radius 3 is 2.67 bits per heavy atom. The van der Waals surface area contributed by atoms with Crippen molar-refractivity contribution in [3.8, 4) is 5.75 Å². The van der Waals surface area contributed by atoms with Crippen LogP contribution in [0.5, 0.6) is 5.75 Å². The maximum absolute atomic E-state index is 11.8. The van der Waals surface area contributed by atoms with Crippen molar-refractivity contribution in [3.05, 3.63) is 42.1 Å². The Labute approximate surface area is 105 Å². The largest absolute Gasteiger partial charge is 0.494 e. The molecule has 0 radical (unpaired) electrons. The van der Waals surface area contributed by atoms with Crippen LogP contribution in [0, 0.1) is 6.92 Å². The predicted molar refractivity (Wildman–Crippen MR) is 66.8 cm³/mol. The highest BCUT2D eigenvalue weighted by atomic mass is 16.5. The Morgan fingerprint density at radius 1 is 1.39 bits per heavy atom. The minimum absolute atomic E-state index is 0.196. The van der Waals surface area contributed by atoms with E-state index in [0.717, 1.165) is 5.75 Å². The topological polar surface area (TPSA) is 64.4 Å². The van der Waals surface area contributed by atoms with E-state index < -0.39 is 0 Å². The van der Waals surface area contributed by atoms with Crippen LogP contribution in [0.3, 0.4) is 0 Å². The van der Waals surface area contributed by atoms with Crippen molar-refractivity contribution in [1.82, 2.24) is 4.98 Å². The molecule has 1 aromatic carbocycles. The van der Waals surface area contributed by atoms with Crippen molar-refractivity contribution < 1.29 is 13.9 Å². The van der Waals surface area contributed by atoms with E-state index in [9.17, 15) is 4.79 Å².